The van der Waals surface area contributed by atoms with Gasteiger partial charge < -0.3 is 0 Å². The molecule has 0 spiro atoms. The predicted octanol–water partition coefficient (Wildman–Crippen LogP) is 3.77. The van der Waals surface area contributed by atoms with Crippen LogP contribution in [0.25, 0.3) is 0 Å². The van der Waals surface area contributed by atoms with Crippen molar-refractivity contribution < 1.29 is 13.2 Å². The Morgan fingerprint density at radius 3 is 2.33 bits per heavy atom. The summed E-state index contributed by atoms with van der Waals surface area (Å²) in [7, 11) is 0. The molecule has 1 N–H and O–H groups in total. The summed E-state index contributed by atoms with van der Waals surface area (Å²) < 4.78 is 38.7. The van der Waals surface area contributed by atoms with Crippen LogP contribution in [0.3, 0.4) is 0 Å². The van der Waals surface area contributed by atoms with Crippen LogP contribution < -0.4 is 0 Å². The van der Waals surface area contributed by atoms with E-state index in [2.05, 4.69) is 15.3 Å². The van der Waals surface area contributed by atoms with E-state index in [0.29, 0.717) is 4.68 Å². The molecule has 2 rings (SSSR count). The van der Waals surface area contributed by atoms with Crippen molar-refractivity contribution in [2.24, 2.45) is 5.10 Å². The summed E-state index contributed by atoms with van der Waals surface area (Å²) in [6.07, 6.45) is -3.26. The molecule has 0 bridgehead atoms. The van der Waals surface area contributed by atoms with Gasteiger partial charge >= 0.3 is 6.18 Å². The zero-order chi connectivity index (χ0) is 15.8. The van der Waals surface area contributed by atoms with Crippen molar-refractivity contribution in [3.63, 3.8) is 0 Å². The number of nitrogens with zero attached hydrogens (tertiary/aromatic N) is 3. The Balaban J connectivity index is 2.49. The van der Waals surface area contributed by atoms with E-state index in [1.165, 1.54) is 6.21 Å². The largest absolute Gasteiger partial charge is 0.453 e. The van der Waals surface area contributed by atoms with Crippen LogP contribution in [-0.2, 0) is 6.18 Å². The molecule has 1 heterocycles. The lowest BCUT2D eigenvalue weighted by molar-refractivity contribution is -0.147. The smallest absolute Gasteiger partial charge is 0.250 e. The number of halogens is 3. The molecule has 0 amide bonds. The van der Waals surface area contributed by atoms with Crippen LogP contribution in [0.1, 0.15) is 28.1 Å². The number of hydrogen-bond donors (Lipinski definition) is 1. The van der Waals surface area contributed by atoms with E-state index in [0.717, 1.165) is 22.3 Å². The summed E-state index contributed by atoms with van der Waals surface area (Å²) >= 11 is 4.77. The van der Waals surface area contributed by atoms with Crippen molar-refractivity contribution in [1.82, 2.24) is 14.9 Å². The normalized spacial score (nSPS) is 12.3. The van der Waals surface area contributed by atoms with Crippen molar-refractivity contribution in [1.29, 1.82) is 0 Å². The second kappa shape index (κ2) is 5.44. The Morgan fingerprint density at radius 1 is 1.24 bits per heavy atom. The number of aromatic nitrogens is 3. The highest BCUT2D eigenvalue weighted by atomic mass is 32.1. The Labute approximate surface area is 124 Å². The molecular formula is C13H13F3N4S. The Bertz CT molecular complexity index is 733. The zero-order valence-electron chi connectivity index (χ0n) is 11.6. The van der Waals surface area contributed by atoms with Crippen LogP contribution in [0.5, 0.6) is 0 Å². The molecule has 4 nitrogen and oxygen atoms in total. The summed E-state index contributed by atoms with van der Waals surface area (Å²) in [4.78, 5) is 0. The van der Waals surface area contributed by atoms with Crippen molar-refractivity contribution in [2.75, 3.05) is 0 Å². The number of aromatic amines is 1. The number of hydrogen-bond acceptors (Lipinski definition) is 3. The van der Waals surface area contributed by atoms with E-state index in [1.807, 2.05) is 32.9 Å². The van der Waals surface area contributed by atoms with Crippen LogP contribution in [0.4, 0.5) is 13.2 Å². The van der Waals surface area contributed by atoms with Crippen molar-refractivity contribution >= 4 is 18.4 Å². The molecule has 8 heteroatoms. The molecule has 112 valence electrons. The van der Waals surface area contributed by atoms with Crippen LogP contribution in [-0.4, -0.2) is 21.1 Å². The maximum Gasteiger partial charge on any atom is 0.453 e. The molecule has 0 saturated carbocycles. The molecule has 0 saturated heterocycles. The molecule has 0 radical (unpaired) electrons. The van der Waals surface area contributed by atoms with E-state index >= 15 is 0 Å². The molecule has 0 aliphatic carbocycles. The fourth-order valence-electron chi connectivity index (χ4n) is 2.09. The molecule has 0 unspecified atom stereocenters. The number of H-pyrrole nitrogens is 1. The summed E-state index contributed by atoms with van der Waals surface area (Å²) in [6, 6.07) is 3.88. The average molecular weight is 314 g/mol. The van der Waals surface area contributed by atoms with E-state index < -0.39 is 12.0 Å². The topological polar surface area (TPSA) is 46.0 Å². The molecule has 2 aromatic rings. The van der Waals surface area contributed by atoms with Gasteiger partial charge in [0.05, 0.1) is 6.21 Å². The average Bonchev–Trinajstić information content (AvgIpc) is 2.69. The summed E-state index contributed by atoms with van der Waals surface area (Å²) in [6.45, 7) is 5.70. The van der Waals surface area contributed by atoms with Crippen molar-refractivity contribution in [2.45, 2.75) is 26.9 Å². The highest BCUT2D eigenvalue weighted by molar-refractivity contribution is 7.71. The molecular weight excluding hydrogens is 301 g/mol. The minimum atomic E-state index is -4.62. The summed E-state index contributed by atoms with van der Waals surface area (Å²) in [5.41, 5.74) is 3.70. The van der Waals surface area contributed by atoms with Crippen molar-refractivity contribution in [3.8, 4) is 0 Å². The molecule has 1 aromatic heterocycles. The Kier molecular flexibility index (Phi) is 3.99. The van der Waals surface area contributed by atoms with E-state index in [9.17, 15) is 13.2 Å². The fourth-order valence-corrected chi connectivity index (χ4v) is 2.27. The highest BCUT2D eigenvalue weighted by Crippen LogP contribution is 2.27. The van der Waals surface area contributed by atoms with E-state index in [1.54, 1.807) is 0 Å². The highest BCUT2D eigenvalue weighted by Gasteiger charge is 2.37. The fraction of sp³-hybridized carbons (Fsp3) is 0.308. The van der Waals surface area contributed by atoms with E-state index in [4.69, 9.17) is 12.2 Å². The van der Waals surface area contributed by atoms with Gasteiger partial charge in [0.25, 0.3) is 5.82 Å². The maximum atomic E-state index is 12.8. The maximum absolute atomic E-state index is 12.8. The third-order valence-corrected chi connectivity index (χ3v) is 3.21. The minimum Gasteiger partial charge on any atom is -0.250 e. The van der Waals surface area contributed by atoms with Crippen molar-refractivity contribution in [3.05, 3.63) is 45.0 Å². The first kappa shape index (κ1) is 15.4. The number of alkyl halides is 3. The summed E-state index contributed by atoms with van der Waals surface area (Å²) in [5.74, 6) is -1.17. The number of rotatable bonds is 2. The lowest BCUT2D eigenvalue weighted by Gasteiger charge is -2.07. The second-order valence-corrected chi connectivity index (χ2v) is 5.11. The Hall–Kier alpha value is -1.96. The quantitative estimate of drug-likeness (QED) is 0.677. The Morgan fingerprint density at radius 2 is 1.81 bits per heavy atom. The lowest BCUT2D eigenvalue weighted by atomic mass is 10.0. The third kappa shape index (κ3) is 3.21. The first-order chi connectivity index (χ1) is 9.70. The van der Waals surface area contributed by atoms with Gasteiger partial charge in [0.2, 0.25) is 4.77 Å². The molecule has 0 fully saturated rings. The van der Waals surface area contributed by atoms with Gasteiger partial charge in [-0.05, 0) is 44.1 Å². The molecule has 0 atom stereocenters. The SMILES string of the molecule is Cc1cc(C)c(C=Nn2c(C(F)(F)F)n[nH]c2=S)c(C)c1. The zero-order valence-corrected chi connectivity index (χ0v) is 12.4. The summed E-state index contributed by atoms with van der Waals surface area (Å²) in [5, 5.41) is 9.09. The van der Waals surface area contributed by atoms with Gasteiger partial charge in [-0.2, -0.15) is 22.9 Å². The molecule has 21 heavy (non-hydrogen) atoms. The van der Waals surface area contributed by atoms with Crippen LogP contribution in [0.15, 0.2) is 17.2 Å². The standard InChI is InChI=1S/C13H13F3N4S/c1-7-4-8(2)10(9(3)5-7)6-17-20-11(13(14,15)16)18-19-12(20)21/h4-6H,1-3H3,(H,19,21). The molecule has 1 aromatic carbocycles. The number of benzene rings is 1. The molecule has 0 aliphatic rings. The van der Waals surface area contributed by atoms with Gasteiger partial charge in [-0.1, -0.05) is 17.7 Å². The van der Waals surface area contributed by atoms with Gasteiger partial charge in [-0.25, -0.2) is 5.10 Å². The first-order valence-electron chi connectivity index (χ1n) is 6.07. The number of aryl methyl sites for hydroxylation is 3. The lowest BCUT2D eigenvalue weighted by Crippen LogP contribution is -2.13. The van der Waals surface area contributed by atoms with Gasteiger partial charge in [-0.3, -0.25) is 0 Å². The third-order valence-electron chi connectivity index (χ3n) is 2.94. The second-order valence-electron chi connectivity index (χ2n) is 4.72. The first-order valence-corrected chi connectivity index (χ1v) is 6.48. The molecule has 0 aliphatic heterocycles. The van der Waals surface area contributed by atoms with Crippen LogP contribution >= 0.6 is 12.2 Å². The number of nitrogens with one attached hydrogen (secondary N) is 1. The van der Waals surface area contributed by atoms with Gasteiger partial charge in [0.1, 0.15) is 0 Å². The van der Waals surface area contributed by atoms with Gasteiger partial charge in [0, 0.05) is 5.56 Å². The predicted molar refractivity (Wildman–Crippen MR) is 76.1 cm³/mol. The monoisotopic (exact) mass is 314 g/mol. The van der Waals surface area contributed by atoms with E-state index in [-0.39, 0.29) is 4.77 Å². The minimum absolute atomic E-state index is 0.207. The van der Waals surface area contributed by atoms with Crippen LogP contribution in [0, 0.1) is 25.5 Å². The van der Waals surface area contributed by atoms with Gasteiger partial charge in [-0.15, -0.1) is 5.10 Å². The van der Waals surface area contributed by atoms with Crippen LogP contribution in [0.2, 0.25) is 0 Å². The van der Waals surface area contributed by atoms with Gasteiger partial charge in [0.15, 0.2) is 0 Å².